The number of carbonyl (C=O) groups excluding carboxylic acids is 2. The molecule has 1 fully saturated rings. The number of hydrogen-bond donors (Lipinski definition) is 1. The lowest BCUT2D eigenvalue weighted by molar-refractivity contribution is -0.139. The van der Waals surface area contributed by atoms with Gasteiger partial charge in [0.2, 0.25) is 0 Å². The van der Waals surface area contributed by atoms with E-state index in [4.69, 9.17) is 9.47 Å². The molecule has 2 aliphatic rings. The lowest BCUT2D eigenvalue weighted by Crippen LogP contribution is -2.48. The number of rotatable bonds is 5. The molecule has 0 aromatic heterocycles. The molecule has 1 N–H and O–H groups in total. The predicted octanol–water partition coefficient (Wildman–Crippen LogP) is 3.91. The third-order valence-corrected chi connectivity index (χ3v) is 5.34. The topological polar surface area (TPSA) is 67.9 Å². The average molecular weight is 380 g/mol. The average Bonchev–Trinajstić information content (AvgIpc) is 3.51. The van der Waals surface area contributed by atoms with Crippen molar-refractivity contribution in [2.24, 2.45) is 0 Å². The van der Waals surface area contributed by atoms with Crippen LogP contribution in [-0.2, 0) is 9.53 Å². The van der Waals surface area contributed by atoms with Crippen LogP contribution in [0.25, 0.3) is 10.8 Å². The van der Waals surface area contributed by atoms with Crippen LogP contribution in [0.3, 0.4) is 0 Å². The van der Waals surface area contributed by atoms with Crippen LogP contribution >= 0.6 is 0 Å². The van der Waals surface area contributed by atoms with E-state index in [-0.39, 0.29) is 24.6 Å². The quantitative estimate of drug-likeness (QED) is 0.799. The molecule has 1 heterocycles. The van der Waals surface area contributed by atoms with E-state index in [2.05, 4.69) is 5.32 Å². The maximum absolute atomic E-state index is 12.8. The van der Waals surface area contributed by atoms with Gasteiger partial charge in [0.1, 0.15) is 5.75 Å². The molecule has 1 atom stereocenters. The summed E-state index contributed by atoms with van der Waals surface area (Å²) >= 11 is 0. The van der Waals surface area contributed by atoms with E-state index in [0.717, 1.165) is 34.9 Å². The van der Waals surface area contributed by atoms with Crippen LogP contribution in [-0.4, -0.2) is 36.7 Å². The number of esters is 1. The van der Waals surface area contributed by atoms with E-state index in [9.17, 15) is 9.59 Å². The van der Waals surface area contributed by atoms with Crippen LogP contribution in [0.1, 0.15) is 38.3 Å². The van der Waals surface area contributed by atoms with Crippen LogP contribution in [0.2, 0.25) is 0 Å². The Labute approximate surface area is 164 Å². The van der Waals surface area contributed by atoms with Crippen LogP contribution in [0.5, 0.6) is 5.75 Å². The highest BCUT2D eigenvalue weighted by Crippen LogP contribution is 2.38. The van der Waals surface area contributed by atoms with Gasteiger partial charge in [0.25, 0.3) is 0 Å². The van der Waals surface area contributed by atoms with Crippen LogP contribution in [0.15, 0.2) is 47.7 Å². The van der Waals surface area contributed by atoms with Crippen LogP contribution in [0, 0.1) is 0 Å². The molecule has 4 rings (SSSR count). The zero-order valence-corrected chi connectivity index (χ0v) is 16.3. The first kappa shape index (κ1) is 18.3. The Hall–Kier alpha value is -3.02. The SMILES string of the molecule is CCOC(=O)C1=C(C)N(C2CC2)C(=O)N[C@@H]1c1ccc2cc(OC)ccc2c1. The molecule has 0 spiro atoms. The summed E-state index contributed by atoms with van der Waals surface area (Å²) in [5.41, 5.74) is 2.04. The molecule has 1 aliphatic heterocycles. The molecular formula is C22H24N2O4. The van der Waals surface area contributed by atoms with Crippen molar-refractivity contribution in [3.05, 3.63) is 53.2 Å². The highest BCUT2D eigenvalue weighted by Gasteiger charge is 2.42. The van der Waals surface area contributed by atoms with Crippen LogP contribution < -0.4 is 10.1 Å². The van der Waals surface area contributed by atoms with Crippen molar-refractivity contribution in [3.63, 3.8) is 0 Å². The van der Waals surface area contributed by atoms with Gasteiger partial charge < -0.3 is 14.8 Å². The maximum atomic E-state index is 12.8. The zero-order chi connectivity index (χ0) is 19.8. The van der Waals surface area contributed by atoms with Gasteiger partial charge in [-0.15, -0.1) is 0 Å². The molecule has 6 nitrogen and oxygen atoms in total. The largest absolute Gasteiger partial charge is 0.497 e. The minimum absolute atomic E-state index is 0.159. The molecule has 28 heavy (non-hydrogen) atoms. The highest BCUT2D eigenvalue weighted by molar-refractivity contribution is 5.95. The molecule has 6 heteroatoms. The first-order valence-corrected chi connectivity index (χ1v) is 9.58. The summed E-state index contributed by atoms with van der Waals surface area (Å²) in [6, 6.07) is 11.2. The third kappa shape index (κ3) is 3.19. The fourth-order valence-electron chi connectivity index (χ4n) is 3.80. The molecule has 0 radical (unpaired) electrons. The number of hydrogen-bond acceptors (Lipinski definition) is 4. The second kappa shape index (κ2) is 7.19. The number of amides is 2. The smallest absolute Gasteiger partial charge is 0.338 e. The fraction of sp³-hybridized carbons (Fsp3) is 0.364. The Morgan fingerprint density at radius 2 is 1.89 bits per heavy atom. The number of benzene rings is 2. The monoisotopic (exact) mass is 380 g/mol. The normalized spacial score (nSPS) is 19.6. The van der Waals surface area contributed by atoms with Crippen molar-refractivity contribution in [2.75, 3.05) is 13.7 Å². The first-order chi connectivity index (χ1) is 13.5. The molecule has 2 amide bonds. The summed E-state index contributed by atoms with van der Waals surface area (Å²) in [6.45, 7) is 3.91. The summed E-state index contributed by atoms with van der Waals surface area (Å²) in [5.74, 6) is 0.403. The molecular weight excluding hydrogens is 356 g/mol. The Morgan fingerprint density at radius 1 is 1.18 bits per heavy atom. The Morgan fingerprint density at radius 3 is 2.57 bits per heavy atom. The molecule has 0 saturated heterocycles. The number of allylic oxidation sites excluding steroid dienone is 1. The summed E-state index contributed by atoms with van der Waals surface area (Å²) in [5, 5.41) is 5.06. The second-order valence-corrected chi connectivity index (χ2v) is 7.18. The number of carbonyl (C=O) groups is 2. The third-order valence-electron chi connectivity index (χ3n) is 5.34. The molecule has 1 saturated carbocycles. The van der Waals surface area contributed by atoms with Crippen molar-refractivity contribution in [2.45, 2.75) is 38.8 Å². The van der Waals surface area contributed by atoms with Gasteiger partial charge in [-0.2, -0.15) is 0 Å². The maximum Gasteiger partial charge on any atom is 0.338 e. The van der Waals surface area contributed by atoms with Crippen molar-refractivity contribution in [1.82, 2.24) is 10.2 Å². The van der Waals surface area contributed by atoms with Crippen molar-refractivity contribution < 1.29 is 19.1 Å². The van der Waals surface area contributed by atoms with Gasteiger partial charge in [-0.05, 0) is 61.2 Å². The van der Waals surface area contributed by atoms with Crippen molar-refractivity contribution in [3.8, 4) is 5.75 Å². The minimum atomic E-state index is -0.534. The van der Waals surface area contributed by atoms with Gasteiger partial charge >= 0.3 is 12.0 Å². The summed E-state index contributed by atoms with van der Waals surface area (Å²) in [4.78, 5) is 27.2. The standard InChI is InChI=1S/C22H24N2O4/c1-4-28-21(25)19-13(2)24(17-8-9-17)22(26)23-20(19)16-6-5-15-12-18(27-3)10-7-14(15)11-16/h5-7,10-12,17,20H,4,8-9H2,1-3H3,(H,23,26)/t20-/m1/s1. The van der Waals surface area contributed by atoms with Gasteiger partial charge in [0.05, 0.1) is 25.3 Å². The van der Waals surface area contributed by atoms with E-state index in [1.54, 1.807) is 18.9 Å². The summed E-state index contributed by atoms with van der Waals surface area (Å²) in [7, 11) is 1.64. The van der Waals surface area contributed by atoms with Gasteiger partial charge in [-0.25, -0.2) is 9.59 Å². The van der Waals surface area contributed by atoms with Crippen molar-refractivity contribution in [1.29, 1.82) is 0 Å². The Kier molecular flexibility index (Phi) is 4.71. The fourth-order valence-corrected chi connectivity index (χ4v) is 3.80. The lowest BCUT2D eigenvalue weighted by Gasteiger charge is -2.35. The number of nitrogens with one attached hydrogen (secondary N) is 1. The summed E-state index contributed by atoms with van der Waals surface area (Å²) in [6.07, 6.45) is 1.92. The molecule has 2 aromatic rings. The van der Waals surface area contributed by atoms with Crippen molar-refractivity contribution >= 4 is 22.8 Å². The van der Waals surface area contributed by atoms with E-state index in [0.29, 0.717) is 11.3 Å². The van der Waals surface area contributed by atoms with E-state index in [1.165, 1.54) is 0 Å². The Bertz CT molecular complexity index is 978. The van der Waals surface area contributed by atoms with Gasteiger partial charge in [0, 0.05) is 11.7 Å². The minimum Gasteiger partial charge on any atom is -0.497 e. The van der Waals surface area contributed by atoms with E-state index >= 15 is 0 Å². The van der Waals surface area contributed by atoms with Crippen LogP contribution in [0.4, 0.5) is 4.79 Å². The number of fused-ring (bicyclic) bond motifs is 1. The zero-order valence-electron chi connectivity index (χ0n) is 16.3. The number of methoxy groups -OCH3 is 1. The van der Waals surface area contributed by atoms with E-state index < -0.39 is 6.04 Å². The van der Waals surface area contributed by atoms with E-state index in [1.807, 2.05) is 43.3 Å². The predicted molar refractivity (Wildman–Crippen MR) is 106 cm³/mol. The molecule has 2 aromatic carbocycles. The molecule has 0 bridgehead atoms. The molecule has 1 aliphatic carbocycles. The number of urea groups is 1. The van der Waals surface area contributed by atoms with Gasteiger partial charge in [-0.3, -0.25) is 4.90 Å². The Balaban J connectivity index is 1.78. The van der Waals surface area contributed by atoms with Gasteiger partial charge in [0.15, 0.2) is 0 Å². The summed E-state index contributed by atoms with van der Waals surface area (Å²) < 4.78 is 10.6. The van der Waals surface area contributed by atoms with Gasteiger partial charge in [-0.1, -0.05) is 18.2 Å². The molecule has 146 valence electrons. The lowest BCUT2D eigenvalue weighted by atomic mass is 9.93. The number of ether oxygens (including phenoxy) is 2. The number of nitrogens with zero attached hydrogens (tertiary/aromatic N) is 1. The molecule has 0 unspecified atom stereocenters. The highest BCUT2D eigenvalue weighted by atomic mass is 16.5. The first-order valence-electron chi connectivity index (χ1n) is 9.58. The second-order valence-electron chi connectivity index (χ2n) is 7.18.